The summed E-state index contributed by atoms with van der Waals surface area (Å²) in [6, 6.07) is 6.83. The zero-order valence-corrected chi connectivity index (χ0v) is 9.96. The van der Waals surface area contributed by atoms with Crippen LogP contribution in [0.3, 0.4) is 0 Å². The third-order valence-electron chi connectivity index (χ3n) is 1.91. The van der Waals surface area contributed by atoms with Gasteiger partial charge in [-0.3, -0.25) is 15.0 Å². The maximum Gasteiger partial charge on any atom is 0.268 e. The van der Waals surface area contributed by atoms with Crippen LogP contribution in [0.25, 0.3) is 0 Å². The van der Waals surface area contributed by atoms with Crippen LogP contribution in [0.15, 0.2) is 24.3 Å². The van der Waals surface area contributed by atoms with E-state index in [0.29, 0.717) is 29.4 Å². The molecule has 0 fully saturated rings. The summed E-state index contributed by atoms with van der Waals surface area (Å²) in [6.45, 7) is 0.418. The Bertz CT molecular complexity index is 385. The van der Waals surface area contributed by atoms with Gasteiger partial charge >= 0.3 is 0 Å². The van der Waals surface area contributed by atoms with Gasteiger partial charge in [0.2, 0.25) is 6.29 Å². The average Bonchev–Trinajstić information content (AvgIpc) is 2.38. The van der Waals surface area contributed by atoms with Crippen molar-refractivity contribution in [2.45, 2.75) is 0 Å². The molecule has 1 amide bonds. The molecule has 0 heterocycles. The first kappa shape index (κ1) is 13.5. The Balaban J connectivity index is 2.52. The van der Waals surface area contributed by atoms with Crippen molar-refractivity contribution in [3.8, 4) is 5.75 Å². The predicted octanol–water partition coefficient (Wildman–Crippen LogP) is 0.512. The zero-order valence-electron chi connectivity index (χ0n) is 9.14. The summed E-state index contributed by atoms with van der Waals surface area (Å²) in [4.78, 5) is 21.4. The first-order valence-electron chi connectivity index (χ1n) is 4.95. The van der Waals surface area contributed by atoms with Crippen molar-refractivity contribution >= 4 is 24.0 Å². The van der Waals surface area contributed by atoms with Crippen LogP contribution < -0.4 is 16.0 Å². The van der Waals surface area contributed by atoms with Gasteiger partial charge in [0.1, 0.15) is 5.75 Å². The lowest BCUT2D eigenvalue weighted by molar-refractivity contribution is 0.0950. The van der Waals surface area contributed by atoms with Gasteiger partial charge in [0, 0.05) is 5.75 Å². The highest BCUT2D eigenvalue weighted by Gasteiger charge is 2.09. The molecule has 1 rings (SSSR count). The van der Waals surface area contributed by atoms with Gasteiger partial charge in [0.15, 0.2) is 0 Å². The number of nitrogens with two attached hydrogens (primary N) is 1. The third-order valence-corrected chi connectivity index (χ3v) is 2.69. The van der Waals surface area contributed by atoms with Crippen LogP contribution in [0.5, 0.6) is 5.75 Å². The van der Waals surface area contributed by atoms with Crippen LogP contribution in [-0.4, -0.2) is 30.3 Å². The monoisotopic (exact) mass is 253 g/mol. The molecule has 17 heavy (non-hydrogen) atoms. The lowest BCUT2D eigenvalue weighted by Gasteiger charge is -2.09. The van der Waals surface area contributed by atoms with E-state index in [0.717, 1.165) is 0 Å². The molecule has 0 bridgehead atoms. The van der Waals surface area contributed by atoms with E-state index in [4.69, 9.17) is 10.6 Å². The number of rotatable bonds is 7. The number of carbonyl (C=O) groups excluding carboxylic acids is 2. The molecule has 0 saturated heterocycles. The maximum atomic E-state index is 11.4. The standard InChI is InChI=1S/C11H13N2O3S/c12-13-11(15)9-3-1-2-4-10(9)16-6-8-17-7-5-14/h1-4H,6-8,12H2,(H,13,15). The molecule has 6 heteroatoms. The Labute approximate surface area is 104 Å². The molecule has 0 atom stereocenters. The first-order chi connectivity index (χ1) is 8.29. The van der Waals surface area contributed by atoms with E-state index in [1.807, 2.05) is 0 Å². The van der Waals surface area contributed by atoms with Crippen molar-refractivity contribution in [3.63, 3.8) is 0 Å². The second-order valence-corrected chi connectivity index (χ2v) is 4.12. The fourth-order valence-electron chi connectivity index (χ4n) is 1.18. The lowest BCUT2D eigenvalue weighted by Crippen LogP contribution is -2.30. The molecule has 0 aliphatic heterocycles. The summed E-state index contributed by atoms with van der Waals surface area (Å²) in [5, 5.41) is 0. The molecule has 0 aromatic heterocycles. The summed E-state index contributed by atoms with van der Waals surface area (Å²) in [7, 11) is 0. The van der Waals surface area contributed by atoms with Crippen molar-refractivity contribution < 1.29 is 14.3 Å². The molecule has 0 aliphatic rings. The number of para-hydroxylation sites is 1. The molecular weight excluding hydrogens is 240 g/mol. The highest BCUT2D eigenvalue weighted by molar-refractivity contribution is 7.99. The number of hydrogen-bond donors (Lipinski definition) is 2. The largest absolute Gasteiger partial charge is 0.492 e. The summed E-state index contributed by atoms with van der Waals surface area (Å²) in [5.74, 6) is 6.14. The third kappa shape index (κ3) is 4.46. The maximum absolute atomic E-state index is 11.4. The topological polar surface area (TPSA) is 81.4 Å². The van der Waals surface area contributed by atoms with Crippen LogP contribution in [0.1, 0.15) is 10.4 Å². The summed E-state index contributed by atoms with van der Waals surface area (Å²) >= 11 is 1.42. The van der Waals surface area contributed by atoms with Crippen LogP contribution in [0, 0.1) is 0 Å². The molecule has 3 N–H and O–H groups in total. The van der Waals surface area contributed by atoms with E-state index in [-0.39, 0.29) is 0 Å². The van der Waals surface area contributed by atoms with Crippen molar-refractivity contribution in [2.24, 2.45) is 5.84 Å². The minimum absolute atomic E-state index is 0.328. The molecule has 0 spiro atoms. The Hall–Kier alpha value is -1.53. The Morgan fingerprint density at radius 2 is 2.24 bits per heavy atom. The second-order valence-electron chi connectivity index (χ2n) is 3.02. The lowest BCUT2D eigenvalue weighted by atomic mass is 10.2. The number of carbonyl (C=O) groups is 1. The van der Waals surface area contributed by atoms with E-state index < -0.39 is 5.91 Å². The summed E-state index contributed by atoms with van der Waals surface area (Å²) < 4.78 is 5.44. The molecule has 0 aliphatic carbocycles. The molecule has 5 nitrogen and oxygen atoms in total. The van der Waals surface area contributed by atoms with Crippen molar-refractivity contribution in [1.82, 2.24) is 5.43 Å². The first-order valence-corrected chi connectivity index (χ1v) is 6.10. The predicted molar refractivity (Wildman–Crippen MR) is 66.6 cm³/mol. The quantitative estimate of drug-likeness (QED) is 0.320. The van der Waals surface area contributed by atoms with Gasteiger partial charge in [-0.25, -0.2) is 5.84 Å². The van der Waals surface area contributed by atoms with Crippen LogP contribution in [0.2, 0.25) is 0 Å². The molecule has 1 aromatic rings. The van der Waals surface area contributed by atoms with Crippen LogP contribution in [0.4, 0.5) is 0 Å². The highest BCUT2D eigenvalue weighted by Crippen LogP contribution is 2.17. The Morgan fingerprint density at radius 3 is 2.94 bits per heavy atom. The minimum Gasteiger partial charge on any atom is -0.492 e. The van der Waals surface area contributed by atoms with E-state index in [2.05, 4.69) is 5.43 Å². The fourth-order valence-corrected chi connectivity index (χ4v) is 1.61. The average molecular weight is 253 g/mol. The number of ether oxygens (including phenoxy) is 1. The normalized spacial score (nSPS) is 9.71. The van der Waals surface area contributed by atoms with Gasteiger partial charge in [0.05, 0.1) is 17.9 Å². The van der Waals surface area contributed by atoms with Crippen LogP contribution >= 0.6 is 11.8 Å². The van der Waals surface area contributed by atoms with E-state index in [9.17, 15) is 9.59 Å². The molecule has 91 valence electrons. The number of benzene rings is 1. The molecule has 0 unspecified atom stereocenters. The van der Waals surface area contributed by atoms with Gasteiger partial charge < -0.3 is 4.74 Å². The van der Waals surface area contributed by atoms with E-state index >= 15 is 0 Å². The number of hydrogen-bond acceptors (Lipinski definition) is 5. The second kappa shape index (κ2) is 7.70. The fraction of sp³-hybridized carbons (Fsp3) is 0.273. The number of nitrogens with one attached hydrogen (secondary N) is 1. The van der Waals surface area contributed by atoms with Gasteiger partial charge in [-0.1, -0.05) is 12.1 Å². The number of amides is 1. The Morgan fingerprint density at radius 1 is 1.47 bits per heavy atom. The smallest absolute Gasteiger partial charge is 0.268 e. The van der Waals surface area contributed by atoms with Gasteiger partial charge in [0.25, 0.3) is 5.91 Å². The van der Waals surface area contributed by atoms with E-state index in [1.165, 1.54) is 11.8 Å². The van der Waals surface area contributed by atoms with Crippen LogP contribution in [-0.2, 0) is 4.79 Å². The van der Waals surface area contributed by atoms with Crippen molar-refractivity contribution in [1.29, 1.82) is 0 Å². The number of hydrazine groups is 1. The molecule has 1 radical (unpaired) electrons. The van der Waals surface area contributed by atoms with E-state index in [1.54, 1.807) is 30.6 Å². The SMILES string of the molecule is NNC(=O)c1ccccc1OCCSC[C]=O. The summed E-state index contributed by atoms with van der Waals surface area (Å²) in [5.41, 5.74) is 2.45. The highest BCUT2D eigenvalue weighted by atomic mass is 32.2. The van der Waals surface area contributed by atoms with Crippen molar-refractivity contribution in [3.05, 3.63) is 29.8 Å². The number of nitrogen functional groups attached to an aromatic ring is 1. The molecule has 0 saturated carbocycles. The molecule has 1 aromatic carbocycles. The zero-order chi connectivity index (χ0) is 12.5. The number of thioether (sulfide) groups is 1. The van der Waals surface area contributed by atoms with Crippen molar-refractivity contribution in [2.75, 3.05) is 18.1 Å². The summed E-state index contributed by atoms with van der Waals surface area (Å²) in [6.07, 6.45) is 1.78. The van der Waals surface area contributed by atoms with Gasteiger partial charge in [-0.2, -0.15) is 11.8 Å². The minimum atomic E-state index is -0.394. The Kier molecular flexibility index (Phi) is 6.13. The van der Waals surface area contributed by atoms with Gasteiger partial charge in [-0.05, 0) is 12.1 Å². The molecular formula is C11H13N2O3S. The van der Waals surface area contributed by atoms with Gasteiger partial charge in [-0.15, -0.1) is 0 Å².